The molecule has 4 bridgehead atoms. The summed E-state index contributed by atoms with van der Waals surface area (Å²) < 4.78 is 5.88. The number of rotatable bonds is 7. The van der Waals surface area contributed by atoms with Crippen molar-refractivity contribution in [3.05, 3.63) is 0 Å². The molecule has 4 aliphatic carbocycles. The maximum Gasteiger partial charge on any atom is 0.126 e. The summed E-state index contributed by atoms with van der Waals surface area (Å²) in [5.41, 5.74) is 0.625. The molecule has 5 aliphatic rings. The molecule has 22 heavy (non-hydrogen) atoms. The highest BCUT2D eigenvalue weighted by molar-refractivity contribution is 5.01. The maximum atomic E-state index is 10.1. The predicted molar refractivity (Wildman–Crippen MR) is 86.8 cm³/mol. The third-order valence-corrected chi connectivity index (χ3v) is 7.09. The molecule has 1 heterocycles. The first kappa shape index (κ1) is 15.4. The van der Waals surface area contributed by atoms with Crippen LogP contribution < -0.4 is 4.90 Å². The Kier molecular flexibility index (Phi) is 4.49. The summed E-state index contributed by atoms with van der Waals surface area (Å²) in [6, 6.07) is 0. The van der Waals surface area contributed by atoms with Crippen LogP contribution in [0.4, 0.5) is 0 Å². The van der Waals surface area contributed by atoms with Crippen molar-refractivity contribution in [1.82, 2.24) is 0 Å². The second kappa shape index (κ2) is 6.41. The molecule has 1 aliphatic heterocycles. The van der Waals surface area contributed by atoms with Crippen LogP contribution in [0.5, 0.6) is 0 Å². The van der Waals surface area contributed by atoms with E-state index in [1.165, 1.54) is 70.9 Å². The zero-order valence-corrected chi connectivity index (χ0v) is 14.1. The first-order valence-electron chi connectivity index (χ1n) is 9.80. The zero-order chi connectivity index (χ0) is 15.0. The van der Waals surface area contributed by atoms with E-state index in [9.17, 15) is 5.11 Å². The summed E-state index contributed by atoms with van der Waals surface area (Å²) in [5.74, 6) is 3.11. The Morgan fingerprint density at radius 2 is 1.59 bits per heavy atom. The topological polar surface area (TPSA) is 33.9 Å². The molecule has 0 amide bonds. The smallest absolute Gasteiger partial charge is 0.126 e. The van der Waals surface area contributed by atoms with Gasteiger partial charge in [-0.1, -0.05) is 0 Å². The Morgan fingerprint density at radius 3 is 2.18 bits per heavy atom. The molecule has 5 fully saturated rings. The minimum Gasteiger partial charge on any atom is -0.385 e. The fourth-order valence-electron chi connectivity index (χ4n) is 6.58. The van der Waals surface area contributed by atoms with Gasteiger partial charge >= 0.3 is 0 Å². The van der Waals surface area contributed by atoms with Crippen LogP contribution in [0, 0.1) is 23.2 Å². The molecule has 4 saturated carbocycles. The minimum absolute atomic E-state index is 0.260. The highest BCUT2D eigenvalue weighted by atomic mass is 16.5. The van der Waals surface area contributed by atoms with Crippen molar-refractivity contribution in [3.8, 4) is 0 Å². The molecular weight excluding hydrogens is 274 g/mol. The standard InChI is InChI=1S/C19H33NO2/c21-18(13-20-4-1-2-5-20)14-22-6-3-19-10-15-7-16(11-19)9-17(8-15)12-19/h15-18,21H,1-14H2/p+1/t15?,16?,17?,18-,19?/m1/s1. The van der Waals surface area contributed by atoms with E-state index in [4.69, 9.17) is 4.74 Å². The van der Waals surface area contributed by atoms with Crippen molar-refractivity contribution in [2.24, 2.45) is 23.2 Å². The number of aliphatic hydroxyl groups is 1. The molecule has 3 nitrogen and oxygen atoms in total. The normalized spacial score (nSPS) is 42.1. The predicted octanol–water partition coefficient (Wildman–Crippen LogP) is 1.65. The van der Waals surface area contributed by atoms with E-state index >= 15 is 0 Å². The van der Waals surface area contributed by atoms with Gasteiger partial charge in [-0.3, -0.25) is 0 Å². The summed E-state index contributed by atoms with van der Waals surface area (Å²) in [4.78, 5) is 1.57. The van der Waals surface area contributed by atoms with Gasteiger partial charge in [0.15, 0.2) is 0 Å². The number of hydrogen-bond acceptors (Lipinski definition) is 2. The van der Waals surface area contributed by atoms with Gasteiger partial charge in [-0.2, -0.15) is 0 Å². The third-order valence-electron chi connectivity index (χ3n) is 7.09. The second-order valence-electron chi connectivity index (χ2n) is 9.06. The molecule has 126 valence electrons. The van der Waals surface area contributed by atoms with Crippen LogP contribution >= 0.6 is 0 Å². The van der Waals surface area contributed by atoms with Crippen LogP contribution in [0.25, 0.3) is 0 Å². The average Bonchev–Trinajstić information content (AvgIpc) is 2.95. The molecule has 5 rings (SSSR count). The summed E-state index contributed by atoms with van der Waals surface area (Å²) in [5, 5.41) is 10.1. The molecule has 0 radical (unpaired) electrons. The van der Waals surface area contributed by atoms with Gasteiger partial charge in [-0.25, -0.2) is 0 Å². The lowest BCUT2D eigenvalue weighted by Gasteiger charge is -2.57. The van der Waals surface area contributed by atoms with E-state index in [0.717, 1.165) is 30.9 Å². The van der Waals surface area contributed by atoms with Crippen LogP contribution in [0.1, 0.15) is 57.8 Å². The Bertz CT molecular complexity index is 342. The first-order chi connectivity index (χ1) is 10.7. The molecule has 0 aromatic carbocycles. The monoisotopic (exact) mass is 308 g/mol. The van der Waals surface area contributed by atoms with Crippen molar-refractivity contribution in [2.75, 3.05) is 32.8 Å². The molecule has 1 atom stereocenters. The maximum absolute atomic E-state index is 10.1. The minimum atomic E-state index is -0.260. The van der Waals surface area contributed by atoms with E-state index in [2.05, 4.69) is 0 Å². The first-order valence-corrected chi connectivity index (χ1v) is 9.80. The molecular formula is C19H34NO2+. The average molecular weight is 308 g/mol. The fraction of sp³-hybridized carbons (Fsp3) is 1.00. The number of hydrogen-bond donors (Lipinski definition) is 2. The van der Waals surface area contributed by atoms with E-state index < -0.39 is 0 Å². The van der Waals surface area contributed by atoms with Crippen LogP contribution in [0.2, 0.25) is 0 Å². The van der Waals surface area contributed by atoms with E-state index in [1.807, 2.05) is 0 Å². The van der Waals surface area contributed by atoms with Crippen molar-refractivity contribution < 1.29 is 14.7 Å². The third kappa shape index (κ3) is 3.37. The van der Waals surface area contributed by atoms with Gasteiger partial charge in [-0.15, -0.1) is 0 Å². The SMILES string of the molecule is O[C@@H](COCCC12CC3CC(CC(C3)C1)C2)C[NH+]1CCCC1. The lowest BCUT2D eigenvalue weighted by molar-refractivity contribution is -0.890. The fourth-order valence-corrected chi connectivity index (χ4v) is 6.58. The van der Waals surface area contributed by atoms with E-state index in [-0.39, 0.29) is 6.10 Å². The lowest BCUT2D eigenvalue weighted by atomic mass is 9.49. The number of ether oxygens (including phenoxy) is 1. The van der Waals surface area contributed by atoms with Gasteiger partial charge in [0.25, 0.3) is 0 Å². The van der Waals surface area contributed by atoms with Crippen LogP contribution in [0.15, 0.2) is 0 Å². The second-order valence-corrected chi connectivity index (χ2v) is 9.06. The molecule has 0 aromatic heterocycles. The zero-order valence-electron chi connectivity index (χ0n) is 14.1. The molecule has 2 N–H and O–H groups in total. The van der Waals surface area contributed by atoms with E-state index in [1.54, 1.807) is 4.90 Å². The van der Waals surface area contributed by atoms with Gasteiger partial charge in [0.1, 0.15) is 12.6 Å². The van der Waals surface area contributed by atoms with Gasteiger partial charge in [-0.05, 0) is 68.1 Å². The Hall–Kier alpha value is -0.120. The molecule has 0 aromatic rings. The highest BCUT2D eigenvalue weighted by Gasteiger charge is 2.50. The van der Waals surface area contributed by atoms with Gasteiger partial charge in [0.05, 0.1) is 19.7 Å². The van der Waals surface area contributed by atoms with Crippen LogP contribution in [-0.2, 0) is 4.74 Å². The summed E-state index contributed by atoms with van der Waals surface area (Å²) in [6.07, 6.45) is 12.6. The van der Waals surface area contributed by atoms with Crippen molar-refractivity contribution in [3.63, 3.8) is 0 Å². The van der Waals surface area contributed by atoms with Crippen LogP contribution in [-0.4, -0.2) is 44.1 Å². The van der Waals surface area contributed by atoms with Crippen molar-refractivity contribution in [2.45, 2.75) is 63.9 Å². The molecule has 3 heteroatoms. The van der Waals surface area contributed by atoms with E-state index in [0.29, 0.717) is 12.0 Å². The quantitative estimate of drug-likeness (QED) is 0.701. The lowest BCUT2D eigenvalue weighted by Crippen LogP contribution is -3.11. The largest absolute Gasteiger partial charge is 0.385 e. The van der Waals surface area contributed by atoms with Gasteiger partial charge < -0.3 is 14.7 Å². The number of nitrogens with one attached hydrogen (secondary N) is 1. The highest BCUT2D eigenvalue weighted by Crippen LogP contribution is 2.61. The molecule has 1 saturated heterocycles. The Morgan fingerprint density at radius 1 is 1.00 bits per heavy atom. The number of likely N-dealkylation sites (tertiary alicyclic amines) is 1. The summed E-state index contributed by atoms with van der Waals surface area (Å²) >= 11 is 0. The molecule has 0 unspecified atom stereocenters. The van der Waals surface area contributed by atoms with Gasteiger partial charge in [0.2, 0.25) is 0 Å². The Labute approximate surface area is 135 Å². The van der Waals surface area contributed by atoms with Crippen molar-refractivity contribution in [1.29, 1.82) is 0 Å². The van der Waals surface area contributed by atoms with Gasteiger partial charge in [0, 0.05) is 19.4 Å². The number of aliphatic hydroxyl groups excluding tert-OH is 1. The number of quaternary nitrogens is 1. The Balaban J connectivity index is 1.17. The van der Waals surface area contributed by atoms with Crippen LogP contribution in [0.3, 0.4) is 0 Å². The summed E-state index contributed by atoms with van der Waals surface area (Å²) in [7, 11) is 0. The molecule has 0 spiro atoms. The summed E-state index contributed by atoms with van der Waals surface area (Å²) in [6.45, 7) is 4.79. The van der Waals surface area contributed by atoms with Crippen molar-refractivity contribution >= 4 is 0 Å².